The monoisotopic (exact) mass is 192 g/mol. The molecule has 0 nitrogen and oxygen atoms in total. The molecule has 0 bridgehead atoms. The van der Waals surface area contributed by atoms with Gasteiger partial charge in [0.2, 0.25) is 0 Å². The smallest absolute Gasteiger partial charge is 0.164 e. The number of hydrogen-bond acceptors (Lipinski definition) is 0. The maximum Gasteiger partial charge on any atom is 0.164 e. The van der Waals surface area contributed by atoms with Crippen molar-refractivity contribution in [2.24, 2.45) is 0 Å². The Morgan fingerprint density at radius 3 is 1.00 bits per heavy atom. The first-order valence-electron chi connectivity index (χ1n) is 4.19. The van der Waals surface area contributed by atoms with Crippen LogP contribution >= 0.6 is 11.1 Å². The molecule has 0 N–H and O–H groups in total. The van der Waals surface area contributed by atoms with Crippen LogP contribution in [-0.2, 0) is 0 Å². The quantitative estimate of drug-likeness (QED) is 0.394. The van der Waals surface area contributed by atoms with Crippen molar-refractivity contribution >= 4 is 18.5 Å². The van der Waals surface area contributed by atoms with Crippen LogP contribution in [0.1, 0.15) is 41.5 Å². The third-order valence-corrected chi connectivity index (χ3v) is 11.9. The Hall–Kier alpha value is 0.507. The second kappa shape index (κ2) is 2.77. The fourth-order valence-electron chi connectivity index (χ4n) is 1.12. The van der Waals surface area contributed by atoms with Gasteiger partial charge in [-0.1, -0.05) is 48.1 Å². The molecule has 0 saturated heterocycles. The highest BCUT2D eigenvalue weighted by Crippen LogP contribution is 2.53. The Kier molecular flexibility index (Phi) is 2.90. The molecule has 0 spiro atoms. The first kappa shape index (κ1) is 11.5. The normalized spacial score (nSPS) is 15.3. The van der Waals surface area contributed by atoms with Gasteiger partial charge >= 0.3 is 0 Å². The molecule has 0 unspecified atom stereocenters. The zero-order valence-corrected chi connectivity index (χ0v) is 10.6. The fraction of sp³-hybridized carbons (Fsp3) is 1.00. The molecule has 0 amide bonds. The summed E-state index contributed by atoms with van der Waals surface area (Å²) in [5, 5.41) is 0.569. The van der Waals surface area contributed by atoms with Crippen molar-refractivity contribution < 1.29 is 0 Å². The lowest BCUT2D eigenvalue weighted by molar-refractivity contribution is 0.637. The van der Waals surface area contributed by atoms with Crippen molar-refractivity contribution in [1.82, 2.24) is 0 Å². The Morgan fingerprint density at radius 2 is 1.00 bits per heavy atom. The molecule has 0 fully saturated rings. The van der Waals surface area contributed by atoms with Gasteiger partial charge in [-0.25, -0.2) is 0 Å². The molecule has 0 atom stereocenters. The Labute approximate surface area is 77.0 Å². The lowest BCUT2D eigenvalue weighted by Crippen LogP contribution is -2.43. The SMILES string of the molecule is CC(C)(C)[Si](C)(Cl)C(C)(C)C. The molecular formula is C9H21ClSi. The van der Waals surface area contributed by atoms with Crippen LogP contribution in [-0.4, -0.2) is 7.38 Å². The van der Waals surface area contributed by atoms with Crippen molar-refractivity contribution in [3.63, 3.8) is 0 Å². The van der Waals surface area contributed by atoms with Gasteiger partial charge in [0.25, 0.3) is 0 Å². The van der Waals surface area contributed by atoms with Gasteiger partial charge in [-0.05, 0) is 10.1 Å². The summed E-state index contributed by atoms with van der Waals surface area (Å²) in [7, 11) is -1.63. The first-order chi connectivity index (χ1) is 4.50. The Morgan fingerprint density at radius 1 is 0.818 bits per heavy atom. The summed E-state index contributed by atoms with van der Waals surface area (Å²) in [5.74, 6) is 0. The van der Waals surface area contributed by atoms with Crippen LogP contribution in [0.15, 0.2) is 0 Å². The van der Waals surface area contributed by atoms with Gasteiger partial charge in [-0.2, -0.15) is 11.1 Å². The first-order valence-corrected chi connectivity index (χ1v) is 7.70. The topological polar surface area (TPSA) is 0 Å². The summed E-state index contributed by atoms with van der Waals surface area (Å²) in [6.07, 6.45) is 0. The van der Waals surface area contributed by atoms with E-state index in [2.05, 4.69) is 48.1 Å². The molecule has 0 aromatic carbocycles. The predicted molar refractivity (Wildman–Crippen MR) is 56.9 cm³/mol. The number of rotatable bonds is 0. The summed E-state index contributed by atoms with van der Waals surface area (Å²) in [5.41, 5.74) is 0. The molecule has 0 rings (SSSR count). The molecule has 0 aliphatic carbocycles. The number of hydrogen-bond donors (Lipinski definition) is 0. The van der Waals surface area contributed by atoms with Gasteiger partial charge in [0.1, 0.15) is 0 Å². The van der Waals surface area contributed by atoms with E-state index in [1.165, 1.54) is 0 Å². The Bertz CT molecular complexity index is 121. The van der Waals surface area contributed by atoms with Crippen LogP contribution in [0.25, 0.3) is 0 Å². The molecule has 0 aliphatic heterocycles. The molecule has 0 saturated carbocycles. The molecule has 0 heterocycles. The molecule has 11 heavy (non-hydrogen) atoms. The highest BCUT2D eigenvalue weighted by molar-refractivity contribution is 7.22. The molecule has 2 heteroatoms. The zero-order chi connectivity index (χ0) is 9.50. The molecule has 0 aromatic rings. The second-order valence-corrected chi connectivity index (χ2v) is 12.8. The van der Waals surface area contributed by atoms with Crippen LogP contribution in [0.2, 0.25) is 16.6 Å². The van der Waals surface area contributed by atoms with Crippen LogP contribution < -0.4 is 0 Å². The maximum absolute atomic E-state index is 6.63. The molecule has 0 radical (unpaired) electrons. The minimum Gasteiger partial charge on any atom is -0.166 e. The molecule has 68 valence electrons. The highest BCUT2D eigenvalue weighted by Gasteiger charge is 2.47. The van der Waals surface area contributed by atoms with Gasteiger partial charge in [0, 0.05) is 0 Å². The van der Waals surface area contributed by atoms with Crippen LogP contribution in [0.3, 0.4) is 0 Å². The van der Waals surface area contributed by atoms with Crippen molar-refractivity contribution in [1.29, 1.82) is 0 Å². The average molecular weight is 193 g/mol. The third kappa shape index (κ3) is 2.22. The summed E-state index contributed by atoms with van der Waals surface area (Å²) >= 11 is 6.63. The van der Waals surface area contributed by atoms with E-state index >= 15 is 0 Å². The van der Waals surface area contributed by atoms with Crippen molar-refractivity contribution in [2.75, 3.05) is 0 Å². The maximum atomic E-state index is 6.63. The summed E-state index contributed by atoms with van der Waals surface area (Å²) < 4.78 is 0. The van der Waals surface area contributed by atoms with Crippen molar-refractivity contribution in [3.8, 4) is 0 Å². The Balaban J connectivity index is 4.75. The van der Waals surface area contributed by atoms with Gasteiger partial charge < -0.3 is 0 Å². The van der Waals surface area contributed by atoms with Crippen LogP contribution in [0.4, 0.5) is 0 Å². The largest absolute Gasteiger partial charge is 0.166 e. The zero-order valence-electron chi connectivity index (χ0n) is 8.88. The second-order valence-electron chi connectivity index (χ2n) is 5.50. The highest BCUT2D eigenvalue weighted by atomic mass is 35.6. The molecular weight excluding hydrogens is 172 g/mol. The van der Waals surface area contributed by atoms with Gasteiger partial charge in [0.05, 0.1) is 0 Å². The lowest BCUT2D eigenvalue weighted by Gasteiger charge is -2.44. The van der Waals surface area contributed by atoms with E-state index in [0.717, 1.165) is 0 Å². The van der Waals surface area contributed by atoms with E-state index in [1.54, 1.807) is 0 Å². The minimum atomic E-state index is -1.63. The molecule has 0 aliphatic rings. The third-order valence-electron chi connectivity index (χ3n) is 2.82. The molecule has 0 aromatic heterocycles. The van der Waals surface area contributed by atoms with Crippen LogP contribution in [0, 0.1) is 0 Å². The average Bonchev–Trinajstić information content (AvgIpc) is 1.58. The summed E-state index contributed by atoms with van der Waals surface area (Å²) in [6, 6.07) is 0. The van der Waals surface area contributed by atoms with E-state index in [4.69, 9.17) is 11.1 Å². The van der Waals surface area contributed by atoms with E-state index < -0.39 is 7.38 Å². The standard InChI is InChI=1S/C9H21ClSi/c1-8(2,3)11(7,10)9(4,5)6/h1-7H3. The van der Waals surface area contributed by atoms with Crippen molar-refractivity contribution in [2.45, 2.75) is 58.2 Å². The van der Waals surface area contributed by atoms with Gasteiger partial charge in [-0.3, -0.25) is 0 Å². The lowest BCUT2D eigenvalue weighted by atomic mass is 10.2. The van der Waals surface area contributed by atoms with Gasteiger partial charge in [-0.15, -0.1) is 0 Å². The number of halogens is 1. The van der Waals surface area contributed by atoms with E-state index in [1.807, 2.05) is 0 Å². The fourth-order valence-corrected chi connectivity index (χ4v) is 3.38. The van der Waals surface area contributed by atoms with Gasteiger partial charge in [0.15, 0.2) is 7.38 Å². The van der Waals surface area contributed by atoms with E-state index in [9.17, 15) is 0 Å². The predicted octanol–water partition coefficient (Wildman–Crippen LogP) is 4.40. The summed E-state index contributed by atoms with van der Waals surface area (Å²) in [4.78, 5) is 0. The van der Waals surface area contributed by atoms with Crippen molar-refractivity contribution in [3.05, 3.63) is 0 Å². The minimum absolute atomic E-state index is 0.285. The van der Waals surface area contributed by atoms with Crippen LogP contribution in [0.5, 0.6) is 0 Å². The summed E-state index contributed by atoms with van der Waals surface area (Å²) in [6.45, 7) is 15.7. The van der Waals surface area contributed by atoms with E-state index in [-0.39, 0.29) is 10.1 Å². The van der Waals surface area contributed by atoms with E-state index in [0.29, 0.717) is 0 Å².